The summed E-state index contributed by atoms with van der Waals surface area (Å²) in [6.07, 6.45) is 9.38. The zero-order chi connectivity index (χ0) is 13.4. The van der Waals surface area contributed by atoms with Crippen LogP contribution in [0.3, 0.4) is 0 Å². The first kappa shape index (κ1) is 14.8. The predicted molar refractivity (Wildman–Crippen MR) is 73.2 cm³/mol. The standard InChI is InChI=1S/C14H24N2O2/c1-12(2)15-13(11-17)5-4-8-16(3)9-10-18-14-6-7-14/h4-5,8,11-12,14-15H,6-7,9-10H2,1-3H3/b8-4-,13-5+. The van der Waals surface area contributed by atoms with Crippen LogP contribution in [0.15, 0.2) is 24.0 Å². The van der Waals surface area contributed by atoms with Crippen molar-refractivity contribution in [1.82, 2.24) is 10.2 Å². The summed E-state index contributed by atoms with van der Waals surface area (Å²) in [5.74, 6) is 0. The van der Waals surface area contributed by atoms with E-state index in [0.29, 0.717) is 11.8 Å². The van der Waals surface area contributed by atoms with Crippen molar-refractivity contribution in [3.05, 3.63) is 24.0 Å². The third kappa shape index (κ3) is 7.12. The van der Waals surface area contributed by atoms with E-state index in [9.17, 15) is 4.79 Å². The van der Waals surface area contributed by atoms with Gasteiger partial charge >= 0.3 is 0 Å². The van der Waals surface area contributed by atoms with Gasteiger partial charge < -0.3 is 15.0 Å². The molecule has 1 aliphatic rings. The Balaban J connectivity index is 2.22. The first-order valence-corrected chi connectivity index (χ1v) is 6.54. The zero-order valence-corrected chi connectivity index (χ0v) is 11.6. The second-order valence-corrected chi connectivity index (χ2v) is 4.93. The number of hydrogen-bond acceptors (Lipinski definition) is 4. The second-order valence-electron chi connectivity index (χ2n) is 4.93. The molecular formula is C14H24N2O2. The first-order valence-electron chi connectivity index (χ1n) is 6.54. The lowest BCUT2D eigenvalue weighted by Gasteiger charge is -2.13. The van der Waals surface area contributed by atoms with E-state index in [1.807, 2.05) is 33.2 Å². The number of ether oxygens (including phenoxy) is 1. The third-order valence-corrected chi connectivity index (χ3v) is 2.52. The van der Waals surface area contributed by atoms with Crippen LogP contribution in [0.25, 0.3) is 0 Å². The Hall–Kier alpha value is -1.29. The first-order chi connectivity index (χ1) is 8.61. The van der Waals surface area contributed by atoms with Gasteiger partial charge in [-0.2, -0.15) is 0 Å². The lowest BCUT2D eigenvalue weighted by atomic mass is 10.3. The molecule has 1 aliphatic carbocycles. The van der Waals surface area contributed by atoms with Crippen molar-refractivity contribution >= 4 is 6.29 Å². The SMILES string of the molecule is CC(C)N/C(C=O)=C/C=C\N(C)CCOC1CC1. The van der Waals surface area contributed by atoms with E-state index in [0.717, 1.165) is 19.4 Å². The number of aldehydes is 1. The smallest absolute Gasteiger partial charge is 0.165 e. The maximum absolute atomic E-state index is 10.8. The number of hydrogen-bond donors (Lipinski definition) is 1. The molecule has 0 heterocycles. The van der Waals surface area contributed by atoms with Crippen LogP contribution in [0.1, 0.15) is 26.7 Å². The maximum atomic E-state index is 10.8. The minimum absolute atomic E-state index is 0.263. The fourth-order valence-electron chi connectivity index (χ4n) is 1.42. The summed E-state index contributed by atoms with van der Waals surface area (Å²) in [7, 11) is 2.00. The summed E-state index contributed by atoms with van der Waals surface area (Å²) in [5, 5.41) is 3.07. The van der Waals surface area contributed by atoms with Crippen molar-refractivity contribution in [2.75, 3.05) is 20.2 Å². The molecular weight excluding hydrogens is 228 g/mol. The van der Waals surface area contributed by atoms with Gasteiger partial charge in [-0.1, -0.05) is 0 Å². The zero-order valence-electron chi connectivity index (χ0n) is 11.6. The molecule has 0 aromatic heterocycles. The van der Waals surface area contributed by atoms with Crippen molar-refractivity contribution in [2.45, 2.75) is 38.8 Å². The average Bonchev–Trinajstić information content (AvgIpc) is 3.11. The Labute approximate surface area is 110 Å². The van der Waals surface area contributed by atoms with E-state index < -0.39 is 0 Å². The summed E-state index contributed by atoms with van der Waals surface area (Å²) < 4.78 is 5.57. The van der Waals surface area contributed by atoms with Gasteiger partial charge in [0.1, 0.15) is 0 Å². The van der Waals surface area contributed by atoms with Crippen LogP contribution in [0.5, 0.6) is 0 Å². The highest BCUT2D eigenvalue weighted by atomic mass is 16.5. The molecule has 102 valence electrons. The van der Waals surface area contributed by atoms with Gasteiger partial charge in [-0.3, -0.25) is 4.79 Å². The molecule has 4 nitrogen and oxygen atoms in total. The van der Waals surface area contributed by atoms with E-state index >= 15 is 0 Å². The number of carbonyl (C=O) groups excluding carboxylic acids is 1. The van der Waals surface area contributed by atoms with E-state index in [1.165, 1.54) is 12.8 Å². The summed E-state index contributed by atoms with van der Waals surface area (Å²) in [4.78, 5) is 12.8. The largest absolute Gasteiger partial charge is 0.380 e. The second kappa shape index (κ2) is 7.93. The van der Waals surface area contributed by atoms with E-state index in [1.54, 1.807) is 6.08 Å². The molecule has 0 aromatic carbocycles. The third-order valence-electron chi connectivity index (χ3n) is 2.52. The van der Waals surface area contributed by atoms with Gasteiger partial charge in [0, 0.05) is 19.6 Å². The number of rotatable bonds is 9. The molecule has 0 radical (unpaired) electrons. The van der Waals surface area contributed by atoms with Crippen LogP contribution < -0.4 is 5.32 Å². The van der Waals surface area contributed by atoms with Crippen LogP contribution in [0, 0.1) is 0 Å². The molecule has 18 heavy (non-hydrogen) atoms. The number of carbonyl (C=O) groups is 1. The maximum Gasteiger partial charge on any atom is 0.165 e. The number of allylic oxidation sites excluding steroid dienone is 3. The molecule has 1 rings (SSSR count). The molecule has 0 aromatic rings. The Bertz CT molecular complexity index is 307. The van der Waals surface area contributed by atoms with E-state index in [4.69, 9.17) is 4.74 Å². The van der Waals surface area contributed by atoms with Gasteiger partial charge in [0.05, 0.1) is 18.4 Å². The fraction of sp³-hybridized carbons (Fsp3) is 0.643. The molecule has 0 atom stereocenters. The molecule has 0 saturated heterocycles. The lowest BCUT2D eigenvalue weighted by Crippen LogP contribution is -2.22. The van der Waals surface area contributed by atoms with Gasteiger partial charge in [0.25, 0.3) is 0 Å². The van der Waals surface area contributed by atoms with Crippen molar-refractivity contribution in [3.8, 4) is 0 Å². The van der Waals surface area contributed by atoms with Crippen LogP contribution in [0.2, 0.25) is 0 Å². The van der Waals surface area contributed by atoms with Crippen molar-refractivity contribution in [1.29, 1.82) is 0 Å². The summed E-state index contributed by atoms with van der Waals surface area (Å²) in [6, 6.07) is 0.263. The molecule has 1 saturated carbocycles. The average molecular weight is 252 g/mol. The minimum atomic E-state index is 0.263. The predicted octanol–water partition coefficient (Wildman–Crippen LogP) is 1.69. The Morgan fingerprint density at radius 3 is 2.78 bits per heavy atom. The molecule has 0 unspecified atom stereocenters. The molecule has 1 fully saturated rings. The van der Waals surface area contributed by atoms with Gasteiger partial charge in [-0.25, -0.2) is 0 Å². The summed E-state index contributed by atoms with van der Waals surface area (Å²) >= 11 is 0. The molecule has 0 bridgehead atoms. The van der Waals surface area contributed by atoms with Gasteiger partial charge in [-0.05, 0) is 45.0 Å². The highest BCUT2D eigenvalue weighted by Crippen LogP contribution is 2.22. The summed E-state index contributed by atoms with van der Waals surface area (Å²) in [5.41, 5.74) is 0.601. The highest BCUT2D eigenvalue weighted by molar-refractivity contribution is 5.72. The number of nitrogens with one attached hydrogen (secondary N) is 1. The van der Waals surface area contributed by atoms with Crippen molar-refractivity contribution < 1.29 is 9.53 Å². The van der Waals surface area contributed by atoms with Crippen molar-refractivity contribution in [2.24, 2.45) is 0 Å². The molecule has 0 amide bonds. The number of nitrogens with zero attached hydrogens (tertiary/aromatic N) is 1. The molecule has 0 aliphatic heterocycles. The highest BCUT2D eigenvalue weighted by Gasteiger charge is 2.21. The Morgan fingerprint density at radius 1 is 1.50 bits per heavy atom. The van der Waals surface area contributed by atoms with Crippen LogP contribution in [-0.4, -0.2) is 43.5 Å². The minimum Gasteiger partial charge on any atom is -0.380 e. The van der Waals surface area contributed by atoms with E-state index in [-0.39, 0.29) is 6.04 Å². The van der Waals surface area contributed by atoms with Gasteiger partial charge in [0.2, 0.25) is 0 Å². The van der Waals surface area contributed by atoms with Gasteiger partial charge in [-0.15, -0.1) is 0 Å². The summed E-state index contributed by atoms with van der Waals surface area (Å²) in [6.45, 7) is 5.64. The fourth-order valence-corrected chi connectivity index (χ4v) is 1.42. The number of likely N-dealkylation sites (N-methyl/N-ethyl adjacent to an activating group) is 1. The topological polar surface area (TPSA) is 41.6 Å². The Kier molecular flexibility index (Phi) is 6.50. The lowest BCUT2D eigenvalue weighted by molar-refractivity contribution is -0.105. The monoisotopic (exact) mass is 252 g/mol. The normalized spacial score (nSPS) is 16.3. The van der Waals surface area contributed by atoms with Crippen molar-refractivity contribution in [3.63, 3.8) is 0 Å². The Morgan fingerprint density at radius 2 is 2.22 bits per heavy atom. The quantitative estimate of drug-likeness (QED) is 0.385. The molecule has 1 N–H and O–H groups in total. The van der Waals surface area contributed by atoms with Crippen LogP contribution in [0.4, 0.5) is 0 Å². The molecule has 4 heteroatoms. The van der Waals surface area contributed by atoms with Gasteiger partial charge in [0.15, 0.2) is 6.29 Å². The van der Waals surface area contributed by atoms with Crippen LogP contribution in [-0.2, 0) is 9.53 Å². The van der Waals surface area contributed by atoms with Crippen LogP contribution >= 0.6 is 0 Å². The van der Waals surface area contributed by atoms with E-state index in [2.05, 4.69) is 10.2 Å². The molecule has 0 spiro atoms.